The molecule has 1 N–H and O–H groups in total. The van der Waals surface area contributed by atoms with Crippen molar-refractivity contribution in [3.8, 4) is 5.75 Å². The quantitative estimate of drug-likeness (QED) is 0.729. The molecule has 70 valence electrons. The van der Waals surface area contributed by atoms with Gasteiger partial charge in [0.1, 0.15) is 5.75 Å². The summed E-state index contributed by atoms with van der Waals surface area (Å²) in [4.78, 5) is 24.5. The lowest BCUT2D eigenvalue weighted by molar-refractivity contribution is 0.109. The maximum absolute atomic E-state index is 10.4. The molecule has 0 atom stereocenters. The fraction of sp³-hybridized carbons (Fsp3) is 0.125. The van der Waals surface area contributed by atoms with Crippen LogP contribution in [0.1, 0.15) is 26.4 Å². The standard InChI is InChI=1S/C8H7NO3.ClH/c1-5-8(12)7(4-11)6(3-10)2-9-5;/h2-4,12H,1H3;1H. The number of hydrogen-bond donors (Lipinski definition) is 1. The van der Waals surface area contributed by atoms with Crippen molar-refractivity contribution in [2.24, 2.45) is 0 Å². The van der Waals surface area contributed by atoms with Crippen molar-refractivity contribution in [1.29, 1.82) is 0 Å². The minimum Gasteiger partial charge on any atom is -0.505 e. The Balaban J connectivity index is 0.00000144. The van der Waals surface area contributed by atoms with Gasteiger partial charge in [0.2, 0.25) is 0 Å². The van der Waals surface area contributed by atoms with Gasteiger partial charge in [-0.1, -0.05) is 0 Å². The highest BCUT2D eigenvalue weighted by Crippen LogP contribution is 2.20. The van der Waals surface area contributed by atoms with E-state index in [4.69, 9.17) is 0 Å². The molecule has 13 heavy (non-hydrogen) atoms. The first-order valence-electron chi connectivity index (χ1n) is 3.29. The third-order valence-corrected chi connectivity index (χ3v) is 1.55. The van der Waals surface area contributed by atoms with Crippen LogP contribution in [0.2, 0.25) is 0 Å². The lowest BCUT2D eigenvalue weighted by Gasteiger charge is -2.01. The summed E-state index contributed by atoms with van der Waals surface area (Å²) in [5.41, 5.74) is 0.438. The monoisotopic (exact) mass is 201 g/mol. The number of pyridine rings is 1. The highest BCUT2D eigenvalue weighted by molar-refractivity contribution is 5.92. The van der Waals surface area contributed by atoms with Crippen LogP contribution in [0.4, 0.5) is 0 Å². The van der Waals surface area contributed by atoms with Crippen LogP contribution in [0, 0.1) is 6.92 Å². The number of carbonyl (C=O) groups excluding carboxylic acids is 2. The summed E-state index contributed by atoms with van der Waals surface area (Å²) in [7, 11) is 0. The Morgan fingerprint density at radius 1 is 1.38 bits per heavy atom. The molecule has 0 saturated heterocycles. The summed E-state index contributed by atoms with van der Waals surface area (Å²) in [5, 5.41) is 9.26. The molecule has 0 spiro atoms. The first-order chi connectivity index (χ1) is 5.70. The summed E-state index contributed by atoms with van der Waals surface area (Å²) < 4.78 is 0. The molecule has 0 aromatic carbocycles. The molecule has 0 fully saturated rings. The average Bonchev–Trinajstić information content (AvgIpc) is 2.09. The molecule has 0 aliphatic carbocycles. The fourth-order valence-corrected chi connectivity index (χ4v) is 0.846. The van der Waals surface area contributed by atoms with Gasteiger partial charge in [-0.3, -0.25) is 14.6 Å². The van der Waals surface area contributed by atoms with E-state index in [0.29, 0.717) is 18.3 Å². The molecular weight excluding hydrogens is 194 g/mol. The number of nitrogens with zero attached hydrogens (tertiary/aromatic N) is 1. The Hall–Kier alpha value is -1.42. The molecule has 0 saturated carbocycles. The molecule has 1 aromatic heterocycles. The first-order valence-corrected chi connectivity index (χ1v) is 3.29. The van der Waals surface area contributed by atoms with Gasteiger partial charge in [-0.25, -0.2) is 0 Å². The number of aldehydes is 2. The van der Waals surface area contributed by atoms with Crippen molar-refractivity contribution in [2.45, 2.75) is 6.92 Å². The number of aryl methyl sites for hydroxylation is 1. The van der Waals surface area contributed by atoms with Crippen LogP contribution in [-0.2, 0) is 0 Å². The maximum Gasteiger partial charge on any atom is 0.154 e. The lowest BCUT2D eigenvalue weighted by atomic mass is 10.1. The van der Waals surface area contributed by atoms with Crippen LogP contribution in [0.15, 0.2) is 6.20 Å². The second-order valence-corrected chi connectivity index (χ2v) is 2.30. The number of aromatic nitrogens is 1. The molecule has 4 nitrogen and oxygen atoms in total. The Bertz CT molecular complexity index is 338. The van der Waals surface area contributed by atoms with E-state index in [1.807, 2.05) is 0 Å². The minimum absolute atomic E-state index is 0. The number of rotatable bonds is 2. The van der Waals surface area contributed by atoms with Crippen LogP contribution < -0.4 is 0 Å². The molecular formula is C8H8ClNO3. The van der Waals surface area contributed by atoms with Gasteiger partial charge < -0.3 is 5.11 Å². The van der Waals surface area contributed by atoms with Crippen molar-refractivity contribution < 1.29 is 14.7 Å². The maximum atomic E-state index is 10.4. The largest absolute Gasteiger partial charge is 0.505 e. The zero-order valence-electron chi connectivity index (χ0n) is 6.85. The number of hydrogen-bond acceptors (Lipinski definition) is 4. The van der Waals surface area contributed by atoms with E-state index < -0.39 is 0 Å². The van der Waals surface area contributed by atoms with Crippen LogP contribution in [0.5, 0.6) is 5.75 Å². The minimum atomic E-state index is -0.227. The molecule has 0 aliphatic heterocycles. The van der Waals surface area contributed by atoms with Crippen molar-refractivity contribution in [3.63, 3.8) is 0 Å². The molecule has 1 rings (SSSR count). The molecule has 0 unspecified atom stereocenters. The van der Waals surface area contributed by atoms with Gasteiger partial charge in [0.15, 0.2) is 12.6 Å². The summed E-state index contributed by atoms with van der Waals surface area (Å²) in [6, 6.07) is 0. The van der Waals surface area contributed by atoms with Crippen molar-refractivity contribution in [3.05, 3.63) is 23.0 Å². The molecule has 0 bridgehead atoms. The van der Waals surface area contributed by atoms with E-state index in [0.717, 1.165) is 0 Å². The number of halogens is 1. The third kappa shape index (κ3) is 2.03. The van der Waals surface area contributed by atoms with Gasteiger partial charge in [0, 0.05) is 11.8 Å². The van der Waals surface area contributed by atoms with Crippen LogP contribution >= 0.6 is 12.4 Å². The summed E-state index contributed by atoms with van der Waals surface area (Å²) in [6.07, 6.45) is 2.18. The first kappa shape index (κ1) is 11.6. The SMILES string of the molecule is Cc1ncc(C=O)c(C=O)c1O.Cl. The Morgan fingerprint density at radius 2 is 2.00 bits per heavy atom. The Labute approximate surface area is 81.0 Å². The van der Waals surface area contributed by atoms with Crippen LogP contribution in [-0.4, -0.2) is 22.7 Å². The summed E-state index contributed by atoms with van der Waals surface area (Å²) in [6.45, 7) is 1.55. The zero-order valence-corrected chi connectivity index (χ0v) is 7.67. The Kier molecular flexibility index (Phi) is 4.07. The molecule has 0 amide bonds. The Morgan fingerprint density at radius 3 is 2.46 bits per heavy atom. The lowest BCUT2D eigenvalue weighted by Crippen LogP contribution is -1.95. The predicted molar refractivity (Wildman–Crippen MR) is 48.7 cm³/mol. The summed E-state index contributed by atoms with van der Waals surface area (Å²) >= 11 is 0. The van der Waals surface area contributed by atoms with Gasteiger partial charge in [-0.05, 0) is 6.92 Å². The van der Waals surface area contributed by atoms with Crippen molar-refractivity contribution in [2.75, 3.05) is 0 Å². The zero-order chi connectivity index (χ0) is 9.14. The van der Waals surface area contributed by atoms with E-state index in [1.54, 1.807) is 6.92 Å². The highest BCUT2D eigenvalue weighted by atomic mass is 35.5. The highest BCUT2D eigenvalue weighted by Gasteiger charge is 2.09. The summed E-state index contributed by atoms with van der Waals surface area (Å²) in [5.74, 6) is -0.227. The molecule has 1 heterocycles. The third-order valence-electron chi connectivity index (χ3n) is 1.55. The number of aromatic hydroxyl groups is 1. The van der Waals surface area contributed by atoms with E-state index in [-0.39, 0.29) is 29.3 Å². The molecule has 0 radical (unpaired) electrons. The molecule has 0 aliphatic rings. The van der Waals surface area contributed by atoms with E-state index >= 15 is 0 Å². The van der Waals surface area contributed by atoms with E-state index in [9.17, 15) is 14.7 Å². The van der Waals surface area contributed by atoms with Gasteiger partial charge in [0.25, 0.3) is 0 Å². The second-order valence-electron chi connectivity index (χ2n) is 2.30. The fourth-order valence-electron chi connectivity index (χ4n) is 0.846. The van der Waals surface area contributed by atoms with Gasteiger partial charge >= 0.3 is 0 Å². The van der Waals surface area contributed by atoms with Crippen LogP contribution in [0.3, 0.4) is 0 Å². The predicted octanol–water partition coefficient (Wildman–Crippen LogP) is 1.14. The van der Waals surface area contributed by atoms with Crippen LogP contribution in [0.25, 0.3) is 0 Å². The number of carbonyl (C=O) groups is 2. The normalized spacial score (nSPS) is 8.69. The molecule has 5 heteroatoms. The van der Waals surface area contributed by atoms with Gasteiger partial charge in [0.05, 0.1) is 11.3 Å². The van der Waals surface area contributed by atoms with E-state index in [1.165, 1.54) is 6.20 Å². The van der Waals surface area contributed by atoms with Gasteiger partial charge in [-0.15, -0.1) is 12.4 Å². The smallest absolute Gasteiger partial charge is 0.154 e. The topological polar surface area (TPSA) is 67.3 Å². The van der Waals surface area contributed by atoms with E-state index in [2.05, 4.69) is 4.98 Å². The average molecular weight is 202 g/mol. The molecule has 1 aromatic rings. The van der Waals surface area contributed by atoms with Gasteiger partial charge in [-0.2, -0.15) is 0 Å². The van der Waals surface area contributed by atoms with Crippen molar-refractivity contribution in [1.82, 2.24) is 4.98 Å². The van der Waals surface area contributed by atoms with Crippen molar-refractivity contribution >= 4 is 25.0 Å². The second kappa shape index (κ2) is 4.57.